The largest absolute Gasteiger partial charge is 0.497 e. The van der Waals surface area contributed by atoms with E-state index in [1.807, 2.05) is 43.3 Å². The first-order valence-electron chi connectivity index (χ1n) is 13.7. The number of anilines is 1. The number of aliphatic hydroxyl groups is 1. The normalized spacial score (nSPS) is 16.7. The lowest BCUT2D eigenvalue weighted by atomic mass is 10.0. The molecular weight excluding hydrogens is 546 g/mol. The van der Waals surface area contributed by atoms with Crippen molar-refractivity contribution in [3.63, 3.8) is 0 Å². The van der Waals surface area contributed by atoms with Gasteiger partial charge in [-0.2, -0.15) is 0 Å². The molecular formula is C30H34ClN5O5. The lowest BCUT2D eigenvalue weighted by molar-refractivity contribution is -0.127. The number of nitrogens with one attached hydrogen (secondary N) is 2. The van der Waals surface area contributed by atoms with Gasteiger partial charge in [0, 0.05) is 43.5 Å². The maximum absolute atomic E-state index is 13.6. The fourth-order valence-corrected chi connectivity index (χ4v) is 5.44. The molecule has 3 heterocycles. The van der Waals surface area contributed by atoms with Gasteiger partial charge in [-0.05, 0) is 55.5 Å². The molecule has 0 radical (unpaired) electrons. The number of nitrogens with zero attached hydrogens (tertiary/aromatic N) is 3. The number of halogens is 1. The van der Waals surface area contributed by atoms with Gasteiger partial charge >= 0.3 is 0 Å². The number of hydrogen-bond donors (Lipinski definition) is 3. The molecule has 0 spiro atoms. The third-order valence-electron chi connectivity index (χ3n) is 7.55. The smallest absolute Gasteiger partial charge is 0.255 e. The van der Waals surface area contributed by atoms with E-state index < -0.39 is 6.04 Å². The Morgan fingerprint density at radius 1 is 1.24 bits per heavy atom. The van der Waals surface area contributed by atoms with Gasteiger partial charge in [-0.1, -0.05) is 35.9 Å². The van der Waals surface area contributed by atoms with E-state index in [4.69, 9.17) is 21.1 Å². The Balaban J connectivity index is 1.33. The van der Waals surface area contributed by atoms with Crippen molar-refractivity contribution >= 4 is 29.4 Å². The average molecular weight is 580 g/mol. The Bertz CT molecular complexity index is 1410. The molecule has 3 N–H and O–H groups in total. The van der Waals surface area contributed by atoms with Crippen LogP contribution in [0.25, 0.3) is 11.3 Å². The second-order valence-electron chi connectivity index (χ2n) is 10.3. The number of carbonyl (C=O) groups excluding carboxylic acids is 2. The van der Waals surface area contributed by atoms with Crippen LogP contribution in [0.15, 0.2) is 48.7 Å². The Kier molecular flexibility index (Phi) is 9.02. The monoisotopic (exact) mass is 579 g/mol. The van der Waals surface area contributed by atoms with Gasteiger partial charge in [-0.15, -0.1) is 0 Å². The molecule has 0 bridgehead atoms. The van der Waals surface area contributed by atoms with E-state index >= 15 is 0 Å². The minimum atomic E-state index is -0.839. The Labute approximate surface area is 244 Å². The number of ether oxygens (including phenoxy) is 2. The van der Waals surface area contributed by atoms with Gasteiger partial charge in [0.15, 0.2) is 0 Å². The van der Waals surface area contributed by atoms with Crippen molar-refractivity contribution in [1.82, 2.24) is 20.2 Å². The lowest BCUT2D eigenvalue weighted by Gasteiger charge is -2.28. The molecule has 2 atom stereocenters. The summed E-state index contributed by atoms with van der Waals surface area (Å²) in [6.45, 7) is 3.27. The van der Waals surface area contributed by atoms with Crippen LogP contribution in [-0.4, -0.2) is 70.8 Å². The van der Waals surface area contributed by atoms with Crippen molar-refractivity contribution < 1.29 is 24.2 Å². The molecule has 1 aromatic heterocycles. The molecule has 1 saturated heterocycles. The van der Waals surface area contributed by atoms with E-state index in [2.05, 4.69) is 20.6 Å². The third kappa shape index (κ3) is 6.45. The minimum absolute atomic E-state index is 0.113. The Hall–Kier alpha value is -3.73. The van der Waals surface area contributed by atoms with Crippen molar-refractivity contribution in [3.05, 3.63) is 70.4 Å². The Morgan fingerprint density at radius 2 is 2.05 bits per heavy atom. The van der Waals surface area contributed by atoms with E-state index in [1.165, 1.54) is 4.90 Å². The number of rotatable bonds is 10. The van der Waals surface area contributed by atoms with Crippen LogP contribution in [-0.2, 0) is 16.1 Å². The summed E-state index contributed by atoms with van der Waals surface area (Å²) in [6, 6.07) is 12.0. The SMILES string of the molecule is COc1cccc(C(C)NC(=O)C(CCO)N2Cc3ccc(-c4nc(NC5CCOCC5)ncc4Cl)cc3C2=O)c1. The summed E-state index contributed by atoms with van der Waals surface area (Å²) in [6.07, 6.45) is 3.40. The summed E-state index contributed by atoms with van der Waals surface area (Å²) in [5, 5.41) is 16.5. The van der Waals surface area contributed by atoms with E-state index in [0.29, 0.717) is 46.8 Å². The van der Waals surface area contributed by atoms with E-state index in [-0.39, 0.29) is 43.5 Å². The van der Waals surface area contributed by atoms with E-state index in [9.17, 15) is 14.7 Å². The number of methoxy groups -OCH3 is 1. The molecule has 3 aromatic rings. The van der Waals surface area contributed by atoms with Crippen molar-refractivity contribution in [1.29, 1.82) is 0 Å². The zero-order chi connectivity index (χ0) is 28.9. The molecule has 11 heteroatoms. The summed E-state index contributed by atoms with van der Waals surface area (Å²) in [5.41, 5.74) is 3.33. The lowest BCUT2D eigenvalue weighted by Crippen LogP contribution is -2.48. The number of aliphatic hydroxyl groups excluding tert-OH is 1. The highest BCUT2D eigenvalue weighted by molar-refractivity contribution is 6.33. The number of hydrogen-bond acceptors (Lipinski definition) is 8. The molecule has 10 nitrogen and oxygen atoms in total. The van der Waals surface area contributed by atoms with Crippen LogP contribution >= 0.6 is 11.6 Å². The molecule has 2 unspecified atom stereocenters. The third-order valence-corrected chi connectivity index (χ3v) is 7.82. The zero-order valence-electron chi connectivity index (χ0n) is 23.1. The topological polar surface area (TPSA) is 126 Å². The first kappa shape index (κ1) is 28.8. The molecule has 0 saturated carbocycles. The van der Waals surface area contributed by atoms with Gasteiger partial charge in [-0.3, -0.25) is 9.59 Å². The van der Waals surface area contributed by atoms with Crippen molar-refractivity contribution in [2.45, 2.75) is 50.9 Å². The van der Waals surface area contributed by atoms with Crippen molar-refractivity contribution in [3.8, 4) is 17.0 Å². The molecule has 2 amide bonds. The van der Waals surface area contributed by atoms with Gasteiger partial charge in [0.2, 0.25) is 11.9 Å². The molecule has 2 aromatic carbocycles. The summed E-state index contributed by atoms with van der Waals surface area (Å²) in [7, 11) is 1.59. The maximum atomic E-state index is 13.6. The first-order chi connectivity index (χ1) is 19.9. The molecule has 0 aliphatic carbocycles. The fraction of sp³-hybridized carbons (Fsp3) is 0.400. The van der Waals surface area contributed by atoms with Crippen LogP contribution in [0.2, 0.25) is 5.02 Å². The van der Waals surface area contributed by atoms with Crippen LogP contribution in [0.3, 0.4) is 0 Å². The summed E-state index contributed by atoms with van der Waals surface area (Å²) in [5.74, 6) is 0.537. The number of benzene rings is 2. The predicted molar refractivity (Wildman–Crippen MR) is 155 cm³/mol. The summed E-state index contributed by atoms with van der Waals surface area (Å²) >= 11 is 6.48. The van der Waals surface area contributed by atoms with E-state index in [1.54, 1.807) is 19.4 Å². The second kappa shape index (κ2) is 12.8. The minimum Gasteiger partial charge on any atom is -0.497 e. The maximum Gasteiger partial charge on any atom is 0.255 e. The van der Waals surface area contributed by atoms with Crippen LogP contribution in [0.4, 0.5) is 5.95 Å². The number of carbonyl (C=O) groups is 2. The molecule has 2 aliphatic rings. The summed E-state index contributed by atoms with van der Waals surface area (Å²) in [4.78, 5) is 37.5. The van der Waals surface area contributed by atoms with Gasteiger partial charge in [0.1, 0.15) is 11.8 Å². The average Bonchev–Trinajstić information content (AvgIpc) is 3.32. The molecule has 216 valence electrons. The second-order valence-corrected chi connectivity index (χ2v) is 10.7. The highest BCUT2D eigenvalue weighted by atomic mass is 35.5. The first-order valence-corrected chi connectivity index (χ1v) is 14.1. The number of amides is 2. The zero-order valence-corrected chi connectivity index (χ0v) is 23.9. The summed E-state index contributed by atoms with van der Waals surface area (Å²) < 4.78 is 10.7. The predicted octanol–water partition coefficient (Wildman–Crippen LogP) is 3.98. The molecule has 5 rings (SSSR count). The van der Waals surface area contributed by atoms with Crippen LogP contribution in [0, 0.1) is 0 Å². The number of aromatic nitrogens is 2. The van der Waals surface area contributed by atoms with Gasteiger partial charge < -0.3 is 30.1 Å². The van der Waals surface area contributed by atoms with Crippen LogP contribution in [0.5, 0.6) is 5.75 Å². The van der Waals surface area contributed by atoms with E-state index in [0.717, 1.165) is 24.0 Å². The Morgan fingerprint density at radius 3 is 2.80 bits per heavy atom. The van der Waals surface area contributed by atoms with Crippen molar-refractivity contribution in [2.75, 3.05) is 32.2 Å². The van der Waals surface area contributed by atoms with Gasteiger partial charge in [-0.25, -0.2) is 9.97 Å². The molecule has 1 fully saturated rings. The molecule has 41 heavy (non-hydrogen) atoms. The highest BCUT2D eigenvalue weighted by Crippen LogP contribution is 2.33. The van der Waals surface area contributed by atoms with Gasteiger partial charge in [0.05, 0.1) is 30.1 Å². The number of fused-ring (bicyclic) bond motifs is 1. The fourth-order valence-electron chi connectivity index (χ4n) is 5.24. The quantitative estimate of drug-likeness (QED) is 0.329. The standard InChI is InChI=1S/C30H34ClN5O5/c1-18(19-4-3-5-23(14-19)40-2)33-28(38)26(8-11-37)36-17-21-7-6-20(15-24(21)29(36)39)27-25(31)16-32-30(35-27)34-22-9-12-41-13-10-22/h3-7,14-16,18,22,26,37H,8-13,17H2,1-2H3,(H,33,38)(H,32,34,35). The van der Waals surface area contributed by atoms with Gasteiger partial charge in [0.25, 0.3) is 5.91 Å². The molecule has 2 aliphatic heterocycles. The highest BCUT2D eigenvalue weighted by Gasteiger charge is 2.37. The van der Waals surface area contributed by atoms with Crippen LogP contribution < -0.4 is 15.4 Å². The van der Waals surface area contributed by atoms with Crippen LogP contribution in [0.1, 0.15) is 53.7 Å². The van der Waals surface area contributed by atoms with Crippen molar-refractivity contribution in [2.24, 2.45) is 0 Å².